The summed E-state index contributed by atoms with van der Waals surface area (Å²) in [7, 11) is 0. The molecule has 3 nitrogen and oxygen atoms in total. The van der Waals surface area contributed by atoms with Crippen LogP contribution in [0.3, 0.4) is 0 Å². The van der Waals surface area contributed by atoms with Crippen LogP contribution in [-0.4, -0.2) is 10.9 Å². The number of carbonyl (C=O) groups is 1. The summed E-state index contributed by atoms with van der Waals surface area (Å²) < 4.78 is 0. The fourth-order valence-corrected chi connectivity index (χ4v) is 2.89. The molecule has 0 aliphatic carbocycles. The van der Waals surface area contributed by atoms with Crippen LogP contribution >= 0.6 is 22.9 Å². The quantitative estimate of drug-likeness (QED) is 0.830. The highest BCUT2D eigenvalue weighted by Gasteiger charge is 2.14. The molecule has 1 N–H and O–H groups in total. The van der Waals surface area contributed by atoms with Crippen LogP contribution in [0.2, 0.25) is 5.02 Å². The van der Waals surface area contributed by atoms with Gasteiger partial charge in [-0.25, -0.2) is 4.98 Å². The van der Waals surface area contributed by atoms with Crippen LogP contribution in [0.25, 0.3) is 6.08 Å². The number of aromatic nitrogens is 1. The molecule has 0 radical (unpaired) electrons. The zero-order chi connectivity index (χ0) is 15.2. The average molecular weight is 321 g/mol. The normalized spacial score (nSPS) is 12.5. The number of aryl methyl sites for hydroxylation is 1. The monoisotopic (exact) mass is 320 g/mol. The van der Waals surface area contributed by atoms with Crippen LogP contribution in [0.15, 0.2) is 35.7 Å². The van der Waals surface area contributed by atoms with Gasteiger partial charge in [-0.15, -0.1) is 11.3 Å². The van der Waals surface area contributed by atoms with E-state index in [1.165, 1.54) is 6.08 Å². The summed E-state index contributed by atoms with van der Waals surface area (Å²) in [4.78, 5) is 16.4. The van der Waals surface area contributed by atoms with Gasteiger partial charge >= 0.3 is 0 Å². The largest absolute Gasteiger partial charge is 0.343 e. The molecule has 21 heavy (non-hydrogen) atoms. The van der Waals surface area contributed by atoms with E-state index in [2.05, 4.69) is 10.3 Å². The molecule has 2 rings (SSSR count). The van der Waals surface area contributed by atoms with Crippen LogP contribution in [0.4, 0.5) is 0 Å². The van der Waals surface area contributed by atoms with Gasteiger partial charge in [0.25, 0.3) is 0 Å². The number of nitrogens with one attached hydrogen (secondary N) is 1. The van der Waals surface area contributed by atoms with E-state index in [-0.39, 0.29) is 11.9 Å². The number of benzene rings is 1. The van der Waals surface area contributed by atoms with Crippen LogP contribution in [0.1, 0.15) is 35.7 Å². The van der Waals surface area contributed by atoms with E-state index >= 15 is 0 Å². The Balaban J connectivity index is 1.98. The van der Waals surface area contributed by atoms with Crippen molar-refractivity contribution in [2.75, 3.05) is 0 Å². The third-order valence-corrected chi connectivity index (χ3v) is 4.29. The third-order valence-electron chi connectivity index (χ3n) is 2.96. The summed E-state index contributed by atoms with van der Waals surface area (Å²) in [6, 6.07) is 7.30. The molecule has 1 atom stereocenters. The van der Waals surface area contributed by atoms with Gasteiger partial charge < -0.3 is 5.32 Å². The van der Waals surface area contributed by atoms with E-state index in [9.17, 15) is 4.79 Å². The first-order valence-corrected chi connectivity index (χ1v) is 8.00. The molecule has 1 heterocycles. The fraction of sp³-hybridized carbons (Fsp3) is 0.250. The number of hydrogen-bond acceptors (Lipinski definition) is 3. The van der Waals surface area contributed by atoms with Crippen molar-refractivity contribution in [3.63, 3.8) is 0 Å². The fourth-order valence-electron chi connectivity index (χ4n) is 1.84. The Morgan fingerprint density at radius 1 is 1.43 bits per heavy atom. The predicted octanol–water partition coefficient (Wildman–Crippen LogP) is 4.39. The Bertz CT molecular complexity index is 634. The molecule has 2 aromatic rings. The van der Waals surface area contributed by atoms with E-state index in [4.69, 9.17) is 11.6 Å². The molecule has 0 aliphatic heterocycles. The zero-order valence-electron chi connectivity index (χ0n) is 12.0. The molecule has 1 aromatic carbocycles. The smallest absolute Gasteiger partial charge is 0.244 e. The highest BCUT2D eigenvalue weighted by molar-refractivity contribution is 7.09. The Labute approximate surface area is 133 Å². The Kier molecular flexibility index (Phi) is 5.53. The second-order valence-electron chi connectivity index (χ2n) is 4.68. The molecular formula is C16H17ClN2OS. The first-order chi connectivity index (χ1) is 10.1. The van der Waals surface area contributed by atoms with Crippen LogP contribution in [-0.2, 0) is 4.79 Å². The number of thiazole rings is 1. The summed E-state index contributed by atoms with van der Waals surface area (Å²) in [5.41, 5.74) is 1.92. The Hall–Kier alpha value is -1.65. The van der Waals surface area contributed by atoms with Crippen molar-refractivity contribution in [1.29, 1.82) is 0 Å². The minimum absolute atomic E-state index is 0.0360. The van der Waals surface area contributed by atoms with Gasteiger partial charge in [-0.05, 0) is 37.1 Å². The standard InChI is InChI=1S/C16H17ClN2OS/c1-3-14(16-18-11(2)10-21-16)19-15(20)9-6-12-4-7-13(17)8-5-12/h4-10,14H,3H2,1-2H3,(H,19,20). The van der Waals surface area contributed by atoms with Crippen molar-refractivity contribution < 1.29 is 4.79 Å². The summed E-state index contributed by atoms with van der Waals surface area (Å²) in [5, 5.41) is 6.60. The van der Waals surface area contributed by atoms with Gasteiger partial charge in [0, 0.05) is 22.2 Å². The molecule has 0 fully saturated rings. The predicted molar refractivity (Wildman–Crippen MR) is 88.5 cm³/mol. The third kappa shape index (κ3) is 4.69. The lowest BCUT2D eigenvalue weighted by Crippen LogP contribution is -2.26. The first kappa shape index (κ1) is 15.7. The molecule has 0 spiro atoms. The van der Waals surface area contributed by atoms with Crippen molar-refractivity contribution in [1.82, 2.24) is 10.3 Å². The van der Waals surface area contributed by atoms with Crippen molar-refractivity contribution in [2.45, 2.75) is 26.3 Å². The molecular weight excluding hydrogens is 304 g/mol. The van der Waals surface area contributed by atoms with Gasteiger partial charge in [-0.3, -0.25) is 4.79 Å². The summed E-state index contributed by atoms with van der Waals surface area (Å²) >= 11 is 7.40. The average Bonchev–Trinajstić information content (AvgIpc) is 2.90. The van der Waals surface area contributed by atoms with Gasteiger partial charge in [-0.2, -0.15) is 0 Å². The SMILES string of the molecule is CCC(NC(=O)C=Cc1ccc(Cl)cc1)c1nc(C)cs1. The minimum Gasteiger partial charge on any atom is -0.343 e. The first-order valence-electron chi connectivity index (χ1n) is 6.74. The van der Waals surface area contributed by atoms with Crippen LogP contribution in [0.5, 0.6) is 0 Å². The number of rotatable bonds is 5. The molecule has 1 unspecified atom stereocenters. The van der Waals surface area contributed by atoms with E-state index in [1.54, 1.807) is 29.5 Å². The molecule has 0 aliphatic rings. The maximum Gasteiger partial charge on any atom is 0.244 e. The lowest BCUT2D eigenvalue weighted by molar-refractivity contribution is -0.117. The summed E-state index contributed by atoms with van der Waals surface area (Å²) in [6.45, 7) is 3.99. The van der Waals surface area contributed by atoms with Crippen LogP contribution < -0.4 is 5.32 Å². The lowest BCUT2D eigenvalue weighted by Gasteiger charge is -2.12. The van der Waals surface area contributed by atoms with E-state index in [0.717, 1.165) is 22.7 Å². The van der Waals surface area contributed by atoms with Crippen molar-refractivity contribution in [3.05, 3.63) is 57.0 Å². The molecule has 0 saturated heterocycles. The number of hydrogen-bond donors (Lipinski definition) is 1. The number of amides is 1. The van der Waals surface area contributed by atoms with Gasteiger partial charge in [0.15, 0.2) is 0 Å². The van der Waals surface area contributed by atoms with Crippen molar-refractivity contribution >= 4 is 34.9 Å². The molecule has 0 saturated carbocycles. The van der Waals surface area contributed by atoms with E-state index in [1.807, 2.05) is 31.4 Å². The van der Waals surface area contributed by atoms with Crippen LogP contribution in [0, 0.1) is 6.92 Å². The van der Waals surface area contributed by atoms with Gasteiger partial charge in [0.05, 0.1) is 6.04 Å². The van der Waals surface area contributed by atoms with E-state index in [0.29, 0.717) is 5.02 Å². The lowest BCUT2D eigenvalue weighted by atomic mass is 10.2. The minimum atomic E-state index is -0.121. The Morgan fingerprint density at radius 2 is 2.14 bits per heavy atom. The summed E-state index contributed by atoms with van der Waals surface area (Å²) in [6.07, 6.45) is 4.12. The highest BCUT2D eigenvalue weighted by Crippen LogP contribution is 2.20. The molecule has 0 bridgehead atoms. The number of halogens is 1. The zero-order valence-corrected chi connectivity index (χ0v) is 13.5. The topological polar surface area (TPSA) is 42.0 Å². The van der Waals surface area contributed by atoms with E-state index < -0.39 is 0 Å². The maximum absolute atomic E-state index is 12.0. The van der Waals surface area contributed by atoms with Crippen molar-refractivity contribution in [3.8, 4) is 0 Å². The molecule has 1 aromatic heterocycles. The molecule has 1 amide bonds. The second-order valence-corrected chi connectivity index (χ2v) is 6.01. The van der Waals surface area contributed by atoms with Gasteiger partial charge in [-0.1, -0.05) is 30.7 Å². The number of carbonyl (C=O) groups excluding carboxylic acids is 1. The molecule has 110 valence electrons. The highest BCUT2D eigenvalue weighted by atomic mass is 35.5. The molecule has 5 heteroatoms. The second kappa shape index (κ2) is 7.38. The van der Waals surface area contributed by atoms with Crippen molar-refractivity contribution in [2.24, 2.45) is 0 Å². The van der Waals surface area contributed by atoms with Gasteiger partial charge in [0.2, 0.25) is 5.91 Å². The number of nitrogens with zero attached hydrogens (tertiary/aromatic N) is 1. The van der Waals surface area contributed by atoms with Gasteiger partial charge in [0.1, 0.15) is 5.01 Å². The maximum atomic E-state index is 12.0. The summed E-state index contributed by atoms with van der Waals surface area (Å²) in [5.74, 6) is -0.121. The Morgan fingerprint density at radius 3 is 2.71 bits per heavy atom.